The molecule has 3 heteroatoms. The van der Waals surface area contributed by atoms with Crippen LogP contribution in [0.25, 0.3) is 0 Å². The third-order valence-corrected chi connectivity index (χ3v) is 2.13. The predicted octanol–water partition coefficient (Wildman–Crippen LogP) is 2.63. The quantitative estimate of drug-likeness (QED) is 0.735. The molecular weight excluding hydrogens is 204 g/mol. The lowest BCUT2D eigenvalue weighted by molar-refractivity contribution is -0.150. The fourth-order valence-corrected chi connectivity index (χ4v) is 1.51. The minimum absolute atomic E-state index is 0.332. The third kappa shape index (κ3) is 3.57. The summed E-state index contributed by atoms with van der Waals surface area (Å²) >= 11 is 0. The molecule has 0 aromatic heterocycles. The fourth-order valence-electron chi connectivity index (χ4n) is 1.51. The fraction of sp³-hybridized carbons (Fsp3) is 0.462. The molecule has 0 N–H and O–H groups in total. The van der Waals surface area contributed by atoms with Gasteiger partial charge in [-0.25, -0.2) is 4.79 Å². The van der Waals surface area contributed by atoms with E-state index < -0.39 is 6.10 Å². The van der Waals surface area contributed by atoms with Crippen LogP contribution in [0, 0.1) is 13.8 Å². The molecular formula is C13H18O3. The topological polar surface area (TPSA) is 35.5 Å². The molecule has 0 fully saturated rings. The molecule has 0 bridgehead atoms. The second-order valence-corrected chi connectivity index (χ2v) is 3.84. The maximum atomic E-state index is 11.4. The first-order chi connectivity index (χ1) is 7.52. The summed E-state index contributed by atoms with van der Waals surface area (Å²) in [5.41, 5.74) is 2.23. The Morgan fingerprint density at radius 1 is 1.25 bits per heavy atom. The van der Waals surface area contributed by atoms with Gasteiger partial charge in [0.1, 0.15) is 5.75 Å². The molecule has 88 valence electrons. The summed E-state index contributed by atoms with van der Waals surface area (Å²) in [4.78, 5) is 11.4. The maximum absolute atomic E-state index is 11.4. The number of carbonyl (C=O) groups is 1. The molecule has 1 aromatic carbocycles. The average Bonchev–Trinajstić information content (AvgIpc) is 2.16. The van der Waals surface area contributed by atoms with Crippen LogP contribution >= 0.6 is 0 Å². The molecule has 0 radical (unpaired) electrons. The molecule has 0 saturated heterocycles. The first-order valence-electron chi connectivity index (χ1n) is 5.44. The van der Waals surface area contributed by atoms with E-state index in [2.05, 4.69) is 6.07 Å². The van der Waals surface area contributed by atoms with Gasteiger partial charge in [0.2, 0.25) is 0 Å². The minimum atomic E-state index is -0.568. The van der Waals surface area contributed by atoms with Crippen LogP contribution in [0.4, 0.5) is 0 Å². The first-order valence-corrected chi connectivity index (χ1v) is 5.44. The van der Waals surface area contributed by atoms with Gasteiger partial charge < -0.3 is 9.47 Å². The largest absolute Gasteiger partial charge is 0.479 e. The van der Waals surface area contributed by atoms with Crippen molar-refractivity contribution in [2.24, 2.45) is 0 Å². The Morgan fingerprint density at radius 3 is 2.31 bits per heavy atom. The normalized spacial score (nSPS) is 12.0. The summed E-state index contributed by atoms with van der Waals surface area (Å²) in [7, 11) is 0. The summed E-state index contributed by atoms with van der Waals surface area (Å²) in [5, 5.41) is 0. The van der Waals surface area contributed by atoms with Gasteiger partial charge >= 0.3 is 5.97 Å². The van der Waals surface area contributed by atoms with Gasteiger partial charge in [0.15, 0.2) is 6.10 Å². The predicted molar refractivity (Wildman–Crippen MR) is 62.6 cm³/mol. The second kappa shape index (κ2) is 5.54. The smallest absolute Gasteiger partial charge is 0.347 e. The number of hydrogen-bond acceptors (Lipinski definition) is 3. The van der Waals surface area contributed by atoms with Crippen LogP contribution < -0.4 is 4.74 Å². The number of rotatable bonds is 4. The highest BCUT2D eigenvalue weighted by atomic mass is 16.6. The molecule has 0 amide bonds. The van der Waals surface area contributed by atoms with Crippen LogP contribution in [0.15, 0.2) is 18.2 Å². The molecule has 0 aliphatic rings. The van der Waals surface area contributed by atoms with Gasteiger partial charge in [0, 0.05) is 0 Å². The van der Waals surface area contributed by atoms with Crippen LogP contribution in [-0.2, 0) is 9.53 Å². The van der Waals surface area contributed by atoms with Crippen molar-refractivity contribution < 1.29 is 14.3 Å². The summed E-state index contributed by atoms with van der Waals surface area (Å²) in [5.74, 6) is 0.375. The summed E-state index contributed by atoms with van der Waals surface area (Å²) in [6.45, 7) is 7.83. The highest BCUT2D eigenvalue weighted by Gasteiger charge is 2.15. The zero-order chi connectivity index (χ0) is 12.1. The third-order valence-electron chi connectivity index (χ3n) is 2.13. The number of benzene rings is 1. The Labute approximate surface area is 96.4 Å². The standard InChI is InChI=1S/C13H18O3/c1-5-15-13(14)11(4)16-12-7-9(2)6-10(3)8-12/h6-8,11H,5H2,1-4H3/t11-/m0/s1. The van der Waals surface area contributed by atoms with E-state index in [0.717, 1.165) is 11.1 Å². The monoisotopic (exact) mass is 222 g/mol. The lowest BCUT2D eigenvalue weighted by atomic mass is 10.1. The van der Waals surface area contributed by atoms with Crippen LogP contribution in [0.3, 0.4) is 0 Å². The summed E-state index contributed by atoms with van der Waals surface area (Å²) in [6.07, 6.45) is -0.568. The van der Waals surface area contributed by atoms with Gasteiger partial charge in [-0.05, 0) is 51.0 Å². The molecule has 0 unspecified atom stereocenters. The highest BCUT2D eigenvalue weighted by molar-refractivity contribution is 5.74. The van der Waals surface area contributed by atoms with Crippen LogP contribution in [-0.4, -0.2) is 18.7 Å². The Bertz CT molecular complexity index is 351. The van der Waals surface area contributed by atoms with Crippen molar-refractivity contribution >= 4 is 5.97 Å². The van der Waals surface area contributed by atoms with Crippen molar-refractivity contribution in [3.63, 3.8) is 0 Å². The zero-order valence-electron chi connectivity index (χ0n) is 10.2. The molecule has 16 heavy (non-hydrogen) atoms. The molecule has 1 atom stereocenters. The molecule has 0 aliphatic carbocycles. The first kappa shape index (κ1) is 12.6. The van der Waals surface area contributed by atoms with Crippen molar-refractivity contribution in [1.82, 2.24) is 0 Å². The molecule has 0 saturated carbocycles. The van der Waals surface area contributed by atoms with Crippen molar-refractivity contribution in [3.05, 3.63) is 29.3 Å². The molecule has 3 nitrogen and oxygen atoms in total. The van der Waals surface area contributed by atoms with E-state index >= 15 is 0 Å². The summed E-state index contributed by atoms with van der Waals surface area (Å²) in [6, 6.07) is 5.87. The Balaban J connectivity index is 2.69. The molecule has 0 aliphatic heterocycles. The van der Waals surface area contributed by atoms with Crippen molar-refractivity contribution in [2.45, 2.75) is 33.8 Å². The van der Waals surface area contributed by atoms with Gasteiger partial charge in [-0.15, -0.1) is 0 Å². The number of ether oxygens (including phenoxy) is 2. The highest BCUT2D eigenvalue weighted by Crippen LogP contribution is 2.17. The van der Waals surface area contributed by atoms with Gasteiger partial charge in [-0.3, -0.25) is 0 Å². The Morgan fingerprint density at radius 2 is 1.81 bits per heavy atom. The minimum Gasteiger partial charge on any atom is -0.479 e. The van der Waals surface area contributed by atoms with Gasteiger partial charge in [0.05, 0.1) is 6.61 Å². The van der Waals surface area contributed by atoms with Gasteiger partial charge in [-0.2, -0.15) is 0 Å². The number of carbonyl (C=O) groups excluding carboxylic acids is 1. The zero-order valence-corrected chi connectivity index (χ0v) is 10.2. The average molecular weight is 222 g/mol. The van der Waals surface area contributed by atoms with Crippen LogP contribution in [0.5, 0.6) is 5.75 Å². The van der Waals surface area contributed by atoms with Crippen molar-refractivity contribution in [1.29, 1.82) is 0 Å². The molecule has 1 aromatic rings. The lowest BCUT2D eigenvalue weighted by Gasteiger charge is -2.14. The molecule has 0 heterocycles. The van der Waals surface area contributed by atoms with Crippen LogP contribution in [0.1, 0.15) is 25.0 Å². The maximum Gasteiger partial charge on any atom is 0.347 e. The lowest BCUT2D eigenvalue weighted by Crippen LogP contribution is -2.26. The Kier molecular flexibility index (Phi) is 4.35. The molecule has 1 rings (SSSR count). The van der Waals surface area contributed by atoms with E-state index in [1.54, 1.807) is 13.8 Å². The van der Waals surface area contributed by atoms with E-state index in [9.17, 15) is 4.79 Å². The van der Waals surface area contributed by atoms with E-state index in [1.165, 1.54) is 0 Å². The van der Waals surface area contributed by atoms with E-state index in [0.29, 0.717) is 12.4 Å². The summed E-state index contributed by atoms with van der Waals surface area (Å²) < 4.78 is 10.4. The van der Waals surface area contributed by atoms with E-state index in [1.807, 2.05) is 26.0 Å². The number of aryl methyl sites for hydroxylation is 2. The van der Waals surface area contributed by atoms with Gasteiger partial charge in [0.25, 0.3) is 0 Å². The Hall–Kier alpha value is -1.51. The SMILES string of the molecule is CCOC(=O)[C@H](C)Oc1cc(C)cc(C)c1. The van der Waals surface area contributed by atoms with Gasteiger partial charge in [-0.1, -0.05) is 6.07 Å². The molecule has 0 spiro atoms. The number of esters is 1. The number of hydrogen-bond donors (Lipinski definition) is 0. The van der Waals surface area contributed by atoms with E-state index in [4.69, 9.17) is 9.47 Å². The second-order valence-electron chi connectivity index (χ2n) is 3.84. The van der Waals surface area contributed by atoms with Crippen molar-refractivity contribution in [3.8, 4) is 5.75 Å². The van der Waals surface area contributed by atoms with Crippen LogP contribution in [0.2, 0.25) is 0 Å². The van der Waals surface area contributed by atoms with Crippen molar-refractivity contribution in [2.75, 3.05) is 6.61 Å². The van der Waals surface area contributed by atoms with E-state index in [-0.39, 0.29) is 5.97 Å².